The van der Waals surface area contributed by atoms with Crippen LogP contribution in [0.25, 0.3) is 0 Å². The molecule has 1 N–H and O–H groups in total. The van der Waals surface area contributed by atoms with E-state index in [4.69, 9.17) is 4.74 Å². The van der Waals surface area contributed by atoms with Crippen LogP contribution in [0.15, 0.2) is 11.6 Å². The van der Waals surface area contributed by atoms with Crippen LogP contribution >= 0.6 is 11.3 Å². The molecule has 0 radical (unpaired) electrons. The molecule has 0 bridgehead atoms. The first-order valence-corrected chi connectivity index (χ1v) is 6.46. The summed E-state index contributed by atoms with van der Waals surface area (Å²) in [6, 6.07) is 0. The van der Waals surface area contributed by atoms with Crippen LogP contribution < -0.4 is 5.32 Å². The number of aryl methyl sites for hydroxylation is 2. The zero-order chi connectivity index (χ0) is 11.4. The van der Waals surface area contributed by atoms with Gasteiger partial charge in [0.1, 0.15) is 5.01 Å². The molecule has 0 aliphatic carbocycles. The highest BCUT2D eigenvalue weighted by Gasteiger charge is 2.05. The summed E-state index contributed by atoms with van der Waals surface area (Å²) in [7, 11) is 0. The SMILES string of the molecule is Cc1nc(CNCC2=CCCOC2)sc1C. The molecule has 1 aromatic rings. The van der Waals surface area contributed by atoms with Gasteiger partial charge in [-0.1, -0.05) is 6.08 Å². The maximum atomic E-state index is 5.39. The molecule has 0 unspecified atom stereocenters. The van der Waals surface area contributed by atoms with Crippen molar-refractivity contribution in [3.63, 3.8) is 0 Å². The van der Waals surface area contributed by atoms with Crippen molar-refractivity contribution in [2.45, 2.75) is 26.8 Å². The highest BCUT2D eigenvalue weighted by atomic mass is 32.1. The second-order valence-corrected chi connectivity index (χ2v) is 5.34. The summed E-state index contributed by atoms with van der Waals surface area (Å²) in [4.78, 5) is 5.81. The largest absolute Gasteiger partial charge is 0.377 e. The van der Waals surface area contributed by atoms with Crippen molar-refractivity contribution in [1.82, 2.24) is 10.3 Å². The van der Waals surface area contributed by atoms with Gasteiger partial charge in [-0.15, -0.1) is 11.3 Å². The van der Waals surface area contributed by atoms with E-state index in [1.165, 1.54) is 15.5 Å². The summed E-state index contributed by atoms with van der Waals surface area (Å²) in [5.74, 6) is 0. The number of hydrogen-bond donors (Lipinski definition) is 1. The fourth-order valence-corrected chi connectivity index (χ4v) is 2.58. The van der Waals surface area contributed by atoms with Crippen LogP contribution in [0.5, 0.6) is 0 Å². The smallest absolute Gasteiger partial charge is 0.107 e. The second kappa shape index (κ2) is 5.57. The summed E-state index contributed by atoms with van der Waals surface area (Å²) < 4.78 is 5.39. The number of nitrogens with zero attached hydrogens (tertiary/aromatic N) is 1. The standard InChI is InChI=1S/C12H18N2OS/c1-9-10(2)16-12(14-9)7-13-6-11-4-3-5-15-8-11/h4,13H,3,5-8H2,1-2H3. The summed E-state index contributed by atoms with van der Waals surface area (Å²) in [5.41, 5.74) is 2.51. The predicted octanol–water partition coefficient (Wildman–Crippen LogP) is 2.20. The fourth-order valence-electron chi connectivity index (χ4n) is 1.68. The maximum Gasteiger partial charge on any atom is 0.107 e. The van der Waals surface area contributed by atoms with Crippen LogP contribution in [0.3, 0.4) is 0 Å². The number of aromatic nitrogens is 1. The quantitative estimate of drug-likeness (QED) is 0.817. The monoisotopic (exact) mass is 238 g/mol. The molecule has 3 nitrogen and oxygen atoms in total. The van der Waals surface area contributed by atoms with Gasteiger partial charge >= 0.3 is 0 Å². The van der Waals surface area contributed by atoms with E-state index >= 15 is 0 Å². The van der Waals surface area contributed by atoms with Crippen LogP contribution in [0.4, 0.5) is 0 Å². The lowest BCUT2D eigenvalue weighted by molar-refractivity contribution is 0.149. The highest BCUT2D eigenvalue weighted by Crippen LogP contribution is 2.16. The average Bonchev–Trinajstić information content (AvgIpc) is 2.60. The van der Waals surface area contributed by atoms with E-state index in [0.717, 1.165) is 38.4 Å². The van der Waals surface area contributed by atoms with Gasteiger partial charge < -0.3 is 10.1 Å². The van der Waals surface area contributed by atoms with Gasteiger partial charge in [-0.3, -0.25) is 0 Å². The van der Waals surface area contributed by atoms with E-state index in [-0.39, 0.29) is 0 Å². The summed E-state index contributed by atoms with van der Waals surface area (Å²) in [5, 5.41) is 4.59. The van der Waals surface area contributed by atoms with Crippen molar-refractivity contribution < 1.29 is 4.74 Å². The number of ether oxygens (including phenoxy) is 1. The normalized spacial score (nSPS) is 16.2. The molecule has 2 heterocycles. The van der Waals surface area contributed by atoms with Crippen LogP contribution in [-0.2, 0) is 11.3 Å². The van der Waals surface area contributed by atoms with Gasteiger partial charge in [0.2, 0.25) is 0 Å². The van der Waals surface area contributed by atoms with Gasteiger partial charge in [-0.2, -0.15) is 0 Å². The molecule has 0 saturated heterocycles. The second-order valence-electron chi connectivity index (χ2n) is 4.06. The summed E-state index contributed by atoms with van der Waals surface area (Å²) in [6.45, 7) is 7.60. The Bertz CT molecular complexity index is 365. The molecule has 88 valence electrons. The molecule has 0 aromatic carbocycles. The Morgan fingerprint density at radius 2 is 2.31 bits per heavy atom. The first-order chi connectivity index (χ1) is 7.75. The Labute approximate surface area is 101 Å². The van der Waals surface area contributed by atoms with E-state index in [1.807, 2.05) is 0 Å². The zero-order valence-corrected chi connectivity index (χ0v) is 10.7. The van der Waals surface area contributed by atoms with Gasteiger partial charge in [0.25, 0.3) is 0 Å². The van der Waals surface area contributed by atoms with Crippen molar-refractivity contribution in [2.75, 3.05) is 19.8 Å². The molecule has 0 amide bonds. The molecule has 0 spiro atoms. The minimum absolute atomic E-state index is 0.781. The third-order valence-corrected chi connectivity index (χ3v) is 3.76. The lowest BCUT2D eigenvalue weighted by Crippen LogP contribution is -2.20. The third-order valence-electron chi connectivity index (χ3n) is 2.68. The number of hydrogen-bond acceptors (Lipinski definition) is 4. The lowest BCUT2D eigenvalue weighted by atomic mass is 10.2. The topological polar surface area (TPSA) is 34.2 Å². The van der Waals surface area contributed by atoms with E-state index in [0.29, 0.717) is 0 Å². The Kier molecular flexibility index (Phi) is 4.09. The van der Waals surface area contributed by atoms with Crippen molar-refractivity contribution in [2.24, 2.45) is 0 Å². The van der Waals surface area contributed by atoms with Crippen molar-refractivity contribution in [3.8, 4) is 0 Å². The molecule has 4 heteroatoms. The lowest BCUT2D eigenvalue weighted by Gasteiger charge is -2.13. The van der Waals surface area contributed by atoms with E-state index in [1.54, 1.807) is 11.3 Å². The zero-order valence-electron chi connectivity index (χ0n) is 9.88. The van der Waals surface area contributed by atoms with Crippen LogP contribution in [0.1, 0.15) is 22.0 Å². The number of nitrogens with one attached hydrogen (secondary N) is 1. The van der Waals surface area contributed by atoms with Crippen molar-refractivity contribution in [3.05, 3.63) is 27.2 Å². The molecule has 1 aliphatic rings. The van der Waals surface area contributed by atoms with Crippen LogP contribution in [-0.4, -0.2) is 24.7 Å². The summed E-state index contributed by atoms with van der Waals surface area (Å²) >= 11 is 1.78. The summed E-state index contributed by atoms with van der Waals surface area (Å²) in [6.07, 6.45) is 3.32. The molecule has 0 fully saturated rings. The Hall–Kier alpha value is -0.710. The van der Waals surface area contributed by atoms with Crippen molar-refractivity contribution >= 4 is 11.3 Å². The molecular formula is C12H18N2OS. The predicted molar refractivity (Wildman–Crippen MR) is 66.8 cm³/mol. The van der Waals surface area contributed by atoms with E-state index in [2.05, 4.69) is 30.2 Å². The maximum absolute atomic E-state index is 5.39. The number of thiazole rings is 1. The van der Waals surface area contributed by atoms with Crippen LogP contribution in [0, 0.1) is 13.8 Å². The fraction of sp³-hybridized carbons (Fsp3) is 0.583. The Balaban J connectivity index is 1.77. The minimum Gasteiger partial charge on any atom is -0.377 e. The average molecular weight is 238 g/mol. The minimum atomic E-state index is 0.781. The number of rotatable bonds is 4. The first kappa shape index (κ1) is 11.8. The molecule has 1 aliphatic heterocycles. The van der Waals surface area contributed by atoms with Gasteiger partial charge in [0, 0.05) is 18.0 Å². The van der Waals surface area contributed by atoms with Crippen molar-refractivity contribution in [1.29, 1.82) is 0 Å². The molecule has 0 saturated carbocycles. The highest BCUT2D eigenvalue weighted by molar-refractivity contribution is 7.11. The molecule has 0 atom stereocenters. The Morgan fingerprint density at radius 1 is 1.44 bits per heavy atom. The third kappa shape index (κ3) is 3.14. The van der Waals surface area contributed by atoms with E-state index in [9.17, 15) is 0 Å². The molecular weight excluding hydrogens is 220 g/mol. The van der Waals surface area contributed by atoms with E-state index < -0.39 is 0 Å². The molecule has 16 heavy (non-hydrogen) atoms. The van der Waals surface area contributed by atoms with Gasteiger partial charge in [-0.05, 0) is 25.8 Å². The molecule has 2 rings (SSSR count). The Morgan fingerprint density at radius 3 is 2.94 bits per heavy atom. The van der Waals surface area contributed by atoms with Crippen LogP contribution in [0.2, 0.25) is 0 Å². The first-order valence-electron chi connectivity index (χ1n) is 5.65. The van der Waals surface area contributed by atoms with Gasteiger partial charge in [0.15, 0.2) is 0 Å². The van der Waals surface area contributed by atoms with Gasteiger partial charge in [0.05, 0.1) is 18.9 Å². The molecule has 1 aromatic heterocycles. The van der Waals surface area contributed by atoms with Gasteiger partial charge in [-0.25, -0.2) is 4.98 Å².